The summed E-state index contributed by atoms with van der Waals surface area (Å²) in [6.45, 7) is 3.74. The third-order valence-corrected chi connectivity index (χ3v) is 2.50. The highest BCUT2D eigenvalue weighted by molar-refractivity contribution is 6.02. The third-order valence-electron chi connectivity index (χ3n) is 2.50. The quantitative estimate of drug-likeness (QED) is 0.594. The molecule has 0 aliphatic rings. The Bertz CT molecular complexity index is 728. The van der Waals surface area contributed by atoms with Crippen molar-refractivity contribution < 1.29 is 9.52 Å². The number of nitrogens with one attached hydrogen (secondary N) is 1. The number of aromatic nitrogens is 2. The van der Waals surface area contributed by atoms with E-state index in [1.165, 1.54) is 0 Å². The Kier molecular flexibility index (Phi) is 3.43. The lowest BCUT2D eigenvalue weighted by Crippen LogP contribution is -1.99. The summed E-state index contributed by atoms with van der Waals surface area (Å²) in [4.78, 5) is 11.6. The molecule has 0 radical (unpaired) electrons. The van der Waals surface area contributed by atoms with Crippen molar-refractivity contribution >= 4 is 21.9 Å². The van der Waals surface area contributed by atoms with Crippen LogP contribution in [0.3, 0.4) is 0 Å². The molecule has 0 aliphatic heterocycles. The van der Waals surface area contributed by atoms with E-state index in [0.29, 0.717) is 16.5 Å². The largest absolute Gasteiger partial charge is 0.422 e. The average Bonchev–Trinajstić information content (AvgIpc) is 2.74. The molecule has 2 aromatic heterocycles. The first-order chi connectivity index (χ1) is 8.69. The molecule has 18 heavy (non-hydrogen) atoms. The van der Waals surface area contributed by atoms with Gasteiger partial charge in [-0.05, 0) is 26.0 Å². The van der Waals surface area contributed by atoms with Crippen LogP contribution in [0.1, 0.15) is 12.6 Å². The molecule has 3 rings (SSSR count). The second-order valence-electron chi connectivity index (χ2n) is 3.77. The monoisotopic (exact) mass is 246 g/mol. The molecule has 0 saturated heterocycles. The predicted octanol–water partition coefficient (Wildman–Crippen LogP) is 1.98. The van der Waals surface area contributed by atoms with E-state index in [2.05, 4.69) is 10.2 Å². The summed E-state index contributed by atoms with van der Waals surface area (Å²) in [5.74, 6) is 0. The molecule has 0 unspecified atom stereocenters. The van der Waals surface area contributed by atoms with Crippen molar-refractivity contribution in [3.05, 3.63) is 40.4 Å². The van der Waals surface area contributed by atoms with Crippen LogP contribution < -0.4 is 5.63 Å². The van der Waals surface area contributed by atoms with Crippen molar-refractivity contribution in [1.82, 2.24) is 10.2 Å². The summed E-state index contributed by atoms with van der Waals surface area (Å²) in [5, 5.41) is 15.9. The van der Waals surface area contributed by atoms with Crippen LogP contribution in [0.2, 0.25) is 0 Å². The Hall–Kier alpha value is -2.14. The molecule has 3 aromatic rings. The van der Waals surface area contributed by atoms with Gasteiger partial charge in [-0.3, -0.25) is 5.10 Å². The number of benzene rings is 1. The number of aromatic amines is 1. The zero-order valence-corrected chi connectivity index (χ0v) is 10.2. The van der Waals surface area contributed by atoms with Gasteiger partial charge in [0.1, 0.15) is 16.5 Å². The van der Waals surface area contributed by atoms with Gasteiger partial charge in [0.2, 0.25) is 0 Å². The first kappa shape index (κ1) is 12.3. The van der Waals surface area contributed by atoms with E-state index >= 15 is 0 Å². The highest BCUT2D eigenvalue weighted by atomic mass is 16.4. The number of hydrogen-bond acceptors (Lipinski definition) is 4. The minimum Gasteiger partial charge on any atom is -0.422 e. The Balaban J connectivity index is 0.000000367. The van der Waals surface area contributed by atoms with Gasteiger partial charge >= 0.3 is 5.63 Å². The fourth-order valence-electron chi connectivity index (χ4n) is 1.78. The van der Waals surface area contributed by atoms with Gasteiger partial charge in [-0.25, -0.2) is 4.79 Å². The van der Waals surface area contributed by atoms with Crippen LogP contribution in [-0.4, -0.2) is 21.9 Å². The summed E-state index contributed by atoms with van der Waals surface area (Å²) < 4.78 is 5.20. The normalized spacial score (nSPS) is 10.4. The van der Waals surface area contributed by atoms with Gasteiger partial charge in [-0.2, -0.15) is 5.10 Å². The van der Waals surface area contributed by atoms with Gasteiger partial charge in [0.25, 0.3) is 0 Å². The Morgan fingerprint density at radius 2 is 2.06 bits per heavy atom. The molecule has 94 valence electrons. The molecule has 0 spiro atoms. The van der Waals surface area contributed by atoms with E-state index in [1.54, 1.807) is 19.9 Å². The molecule has 0 aliphatic carbocycles. The highest BCUT2D eigenvalue weighted by Crippen LogP contribution is 2.21. The Labute approximate surface area is 103 Å². The molecule has 0 fully saturated rings. The lowest BCUT2D eigenvalue weighted by atomic mass is 10.2. The second-order valence-corrected chi connectivity index (χ2v) is 3.77. The number of aryl methyl sites for hydroxylation is 1. The second kappa shape index (κ2) is 5.01. The molecule has 5 nitrogen and oxygen atoms in total. The van der Waals surface area contributed by atoms with E-state index in [9.17, 15) is 4.79 Å². The van der Waals surface area contributed by atoms with Crippen molar-refractivity contribution in [1.29, 1.82) is 0 Å². The minimum atomic E-state index is -0.338. The fourth-order valence-corrected chi connectivity index (χ4v) is 1.78. The Morgan fingerprint density at radius 1 is 1.39 bits per heavy atom. The SMILES string of the molecule is CCO.Cc1[nH]nc2c1c(=O)oc1ccccc12. The van der Waals surface area contributed by atoms with Gasteiger partial charge in [0.15, 0.2) is 0 Å². The first-order valence-corrected chi connectivity index (χ1v) is 5.66. The standard InChI is InChI=1S/C11H8N2O2.C2H6O/c1-6-9-10(13-12-6)7-4-2-3-5-8(7)15-11(9)14;1-2-3/h2-5H,1H3,(H,12,13);3H,2H2,1H3. The zero-order chi connectivity index (χ0) is 13.1. The molecule has 0 amide bonds. The van der Waals surface area contributed by atoms with Crippen molar-refractivity contribution in [2.24, 2.45) is 0 Å². The van der Waals surface area contributed by atoms with E-state index in [1.807, 2.05) is 18.2 Å². The molecular formula is C13H14N2O3. The van der Waals surface area contributed by atoms with Gasteiger partial charge in [0, 0.05) is 17.7 Å². The number of aliphatic hydroxyl groups excluding tert-OH is 1. The number of H-pyrrole nitrogens is 1. The van der Waals surface area contributed by atoms with E-state index in [4.69, 9.17) is 9.52 Å². The molecule has 5 heteroatoms. The van der Waals surface area contributed by atoms with Crippen LogP contribution in [0.25, 0.3) is 21.9 Å². The summed E-state index contributed by atoms with van der Waals surface area (Å²) in [5.41, 5.74) is 1.65. The topological polar surface area (TPSA) is 79.1 Å². The highest BCUT2D eigenvalue weighted by Gasteiger charge is 2.11. The van der Waals surface area contributed by atoms with Crippen LogP contribution in [0, 0.1) is 6.92 Å². The van der Waals surface area contributed by atoms with Crippen LogP contribution in [0.15, 0.2) is 33.5 Å². The summed E-state index contributed by atoms with van der Waals surface area (Å²) in [6, 6.07) is 7.38. The first-order valence-electron chi connectivity index (χ1n) is 5.66. The third kappa shape index (κ3) is 2.00. The maximum absolute atomic E-state index is 11.6. The number of fused-ring (bicyclic) bond motifs is 3. The molecule has 1 aromatic carbocycles. The molecule has 2 heterocycles. The lowest BCUT2D eigenvalue weighted by Gasteiger charge is -1.95. The van der Waals surface area contributed by atoms with E-state index < -0.39 is 0 Å². The van der Waals surface area contributed by atoms with Crippen molar-refractivity contribution in [3.8, 4) is 0 Å². The number of rotatable bonds is 0. The Morgan fingerprint density at radius 3 is 2.78 bits per heavy atom. The fraction of sp³-hybridized carbons (Fsp3) is 0.231. The van der Waals surface area contributed by atoms with Crippen LogP contribution in [0.5, 0.6) is 0 Å². The van der Waals surface area contributed by atoms with Crippen LogP contribution in [-0.2, 0) is 0 Å². The van der Waals surface area contributed by atoms with Crippen LogP contribution in [0.4, 0.5) is 0 Å². The maximum atomic E-state index is 11.6. The number of nitrogens with zero attached hydrogens (tertiary/aromatic N) is 1. The number of para-hydroxylation sites is 1. The van der Waals surface area contributed by atoms with Gasteiger partial charge < -0.3 is 9.52 Å². The average molecular weight is 246 g/mol. The molecule has 0 bridgehead atoms. The predicted molar refractivity (Wildman–Crippen MR) is 69.6 cm³/mol. The summed E-state index contributed by atoms with van der Waals surface area (Å²) in [7, 11) is 0. The van der Waals surface area contributed by atoms with E-state index in [0.717, 1.165) is 11.1 Å². The summed E-state index contributed by atoms with van der Waals surface area (Å²) in [6.07, 6.45) is 0. The smallest absolute Gasteiger partial charge is 0.347 e. The molecular weight excluding hydrogens is 232 g/mol. The van der Waals surface area contributed by atoms with Gasteiger partial charge in [-0.15, -0.1) is 0 Å². The zero-order valence-electron chi connectivity index (χ0n) is 10.2. The van der Waals surface area contributed by atoms with Crippen molar-refractivity contribution in [2.75, 3.05) is 6.61 Å². The van der Waals surface area contributed by atoms with Crippen LogP contribution >= 0.6 is 0 Å². The number of hydrogen-bond donors (Lipinski definition) is 2. The summed E-state index contributed by atoms with van der Waals surface area (Å²) >= 11 is 0. The van der Waals surface area contributed by atoms with E-state index in [-0.39, 0.29) is 12.2 Å². The number of aliphatic hydroxyl groups is 1. The molecule has 0 atom stereocenters. The maximum Gasteiger partial charge on any atom is 0.347 e. The van der Waals surface area contributed by atoms with Gasteiger partial charge in [0.05, 0.1) is 0 Å². The van der Waals surface area contributed by atoms with Gasteiger partial charge in [-0.1, -0.05) is 12.1 Å². The lowest BCUT2D eigenvalue weighted by molar-refractivity contribution is 0.318. The van der Waals surface area contributed by atoms with Crippen molar-refractivity contribution in [2.45, 2.75) is 13.8 Å². The molecule has 0 saturated carbocycles. The minimum absolute atomic E-state index is 0.250. The molecule has 2 N–H and O–H groups in total. The van der Waals surface area contributed by atoms with Crippen molar-refractivity contribution in [3.63, 3.8) is 0 Å².